The minimum atomic E-state index is -3.88. The molecule has 0 saturated carbocycles. The summed E-state index contributed by atoms with van der Waals surface area (Å²) < 4.78 is 42.9. The standard InChI is InChI=1S/C16H15ClFN3O2S2/c1-9-8-24-16(19-9)14-7-15(10(2)21(14)3)25(22,23)20-13-5-4-11(18)6-12(13)17/h4-8,20H,1-3H3. The SMILES string of the molecule is Cc1csc(-c2cc(S(=O)(=O)Nc3ccc(F)cc3Cl)c(C)n2C)n1. The van der Waals surface area contributed by atoms with Crippen molar-refractivity contribution in [3.63, 3.8) is 0 Å². The molecular weight excluding hydrogens is 385 g/mol. The molecule has 0 saturated heterocycles. The molecule has 132 valence electrons. The summed E-state index contributed by atoms with van der Waals surface area (Å²) in [6.07, 6.45) is 0. The fraction of sp³-hybridized carbons (Fsp3) is 0.188. The number of aromatic nitrogens is 2. The monoisotopic (exact) mass is 399 g/mol. The first kappa shape index (κ1) is 17.9. The number of rotatable bonds is 4. The van der Waals surface area contributed by atoms with Crippen LogP contribution < -0.4 is 4.72 Å². The molecule has 1 N–H and O–H groups in total. The lowest BCUT2D eigenvalue weighted by Crippen LogP contribution is -2.14. The number of halogens is 2. The Kier molecular flexibility index (Phi) is 4.61. The number of anilines is 1. The number of hydrogen-bond acceptors (Lipinski definition) is 4. The Labute approximate surface area is 154 Å². The lowest BCUT2D eigenvalue weighted by molar-refractivity contribution is 0.600. The summed E-state index contributed by atoms with van der Waals surface area (Å²) in [6.45, 7) is 3.59. The van der Waals surface area contributed by atoms with Gasteiger partial charge in [0.15, 0.2) is 0 Å². The lowest BCUT2D eigenvalue weighted by Gasteiger charge is -2.09. The van der Waals surface area contributed by atoms with E-state index in [2.05, 4.69) is 9.71 Å². The minimum absolute atomic E-state index is 0.00655. The predicted molar refractivity (Wildman–Crippen MR) is 98.2 cm³/mol. The van der Waals surface area contributed by atoms with Gasteiger partial charge in [0.25, 0.3) is 10.0 Å². The molecule has 3 rings (SSSR count). The number of nitrogens with zero attached hydrogens (tertiary/aromatic N) is 2. The van der Waals surface area contributed by atoms with Gasteiger partial charge in [-0.3, -0.25) is 4.72 Å². The fourth-order valence-corrected chi connectivity index (χ4v) is 4.88. The zero-order valence-electron chi connectivity index (χ0n) is 13.7. The zero-order chi connectivity index (χ0) is 18.4. The van der Waals surface area contributed by atoms with Crippen LogP contribution in [0.1, 0.15) is 11.4 Å². The second kappa shape index (κ2) is 6.44. The van der Waals surface area contributed by atoms with Gasteiger partial charge in [-0.2, -0.15) is 0 Å². The van der Waals surface area contributed by atoms with Gasteiger partial charge in [-0.15, -0.1) is 11.3 Å². The van der Waals surface area contributed by atoms with Crippen molar-refractivity contribution < 1.29 is 12.8 Å². The van der Waals surface area contributed by atoms with Crippen molar-refractivity contribution in [2.75, 3.05) is 4.72 Å². The smallest absolute Gasteiger partial charge is 0.263 e. The van der Waals surface area contributed by atoms with E-state index < -0.39 is 15.8 Å². The highest BCUT2D eigenvalue weighted by Crippen LogP contribution is 2.32. The van der Waals surface area contributed by atoms with Crippen LogP contribution in [-0.2, 0) is 17.1 Å². The third-order valence-corrected chi connectivity index (χ3v) is 6.57. The van der Waals surface area contributed by atoms with Crippen LogP contribution in [0.5, 0.6) is 0 Å². The average molecular weight is 400 g/mol. The van der Waals surface area contributed by atoms with Crippen molar-refractivity contribution in [2.24, 2.45) is 7.05 Å². The van der Waals surface area contributed by atoms with Gasteiger partial charge in [0.1, 0.15) is 15.7 Å². The van der Waals surface area contributed by atoms with Crippen molar-refractivity contribution in [1.82, 2.24) is 9.55 Å². The molecule has 9 heteroatoms. The third kappa shape index (κ3) is 3.42. The van der Waals surface area contributed by atoms with Gasteiger partial charge in [-0.25, -0.2) is 17.8 Å². The molecule has 3 aromatic rings. The molecule has 25 heavy (non-hydrogen) atoms. The van der Waals surface area contributed by atoms with Crippen molar-refractivity contribution in [3.05, 3.63) is 51.9 Å². The van der Waals surface area contributed by atoms with Crippen molar-refractivity contribution >= 4 is 38.6 Å². The first-order valence-electron chi connectivity index (χ1n) is 7.26. The van der Waals surface area contributed by atoms with Crippen LogP contribution in [0.25, 0.3) is 10.7 Å². The highest BCUT2D eigenvalue weighted by atomic mass is 35.5. The van der Waals surface area contributed by atoms with Crippen LogP contribution in [0.3, 0.4) is 0 Å². The molecule has 0 radical (unpaired) electrons. The van der Waals surface area contributed by atoms with E-state index in [1.165, 1.54) is 17.4 Å². The van der Waals surface area contributed by atoms with Crippen LogP contribution >= 0.6 is 22.9 Å². The van der Waals surface area contributed by atoms with Crippen LogP contribution in [-0.4, -0.2) is 18.0 Å². The molecule has 0 unspecified atom stereocenters. The number of thiazole rings is 1. The Bertz CT molecular complexity index is 1060. The zero-order valence-corrected chi connectivity index (χ0v) is 16.1. The first-order chi connectivity index (χ1) is 11.7. The largest absolute Gasteiger partial charge is 0.345 e. The van der Waals surface area contributed by atoms with Gasteiger partial charge < -0.3 is 4.57 Å². The molecule has 0 aliphatic heterocycles. The van der Waals surface area contributed by atoms with Crippen molar-refractivity contribution in [3.8, 4) is 10.7 Å². The normalized spacial score (nSPS) is 11.7. The Morgan fingerprint density at radius 1 is 1.28 bits per heavy atom. The number of nitrogens with one attached hydrogen (secondary N) is 1. The molecular formula is C16H15ClFN3O2S2. The van der Waals surface area contributed by atoms with Gasteiger partial charge in [0, 0.05) is 23.8 Å². The summed E-state index contributed by atoms with van der Waals surface area (Å²) >= 11 is 7.37. The molecule has 0 aliphatic carbocycles. The lowest BCUT2D eigenvalue weighted by atomic mass is 10.3. The minimum Gasteiger partial charge on any atom is -0.345 e. The second-order valence-corrected chi connectivity index (χ2v) is 8.48. The fourth-order valence-electron chi connectivity index (χ4n) is 2.39. The maximum Gasteiger partial charge on any atom is 0.263 e. The molecule has 1 aromatic carbocycles. The molecule has 2 aromatic heterocycles. The summed E-state index contributed by atoms with van der Waals surface area (Å²) in [5.74, 6) is -0.537. The first-order valence-corrected chi connectivity index (χ1v) is 10.00. The number of sulfonamides is 1. The molecule has 0 fully saturated rings. The number of hydrogen-bond donors (Lipinski definition) is 1. The maximum atomic E-state index is 13.1. The second-order valence-electron chi connectivity index (χ2n) is 5.56. The van der Waals surface area contributed by atoms with Crippen molar-refractivity contribution in [1.29, 1.82) is 0 Å². The number of aryl methyl sites for hydroxylation is 1. The molecule has 0 bridgehead atoms. The van der Waals surface area contributed by atoms with E-state index in [1.807, 2.05) is 12.3 Å². The summed E-state index contributed by atoms with van der Waals surface area (Å²) in [5.41, 5.74) is 2.27. The topological polar surface area (TPSA) is 64.0 Å². The van der Waals surface area contributed by atoms with Crippen LogP contribution in [0.4, 0.5) is 10.1 Å². The molecule has 0 spiro atoms. The van der Waals surface area contributed by atoms with E-state index >= 15 is 0 Å². The van der Waals surface area contributed by atoms with Gasteiger partial charge in [0.2, 0.25) is 0 Å². The summed E-state index contributed by atoms with van der Waals surface area (Å²) in [7, 11) is -2.10. The molecule has 5 nitrogen and oxygen atoms in total. The van der Waals surface area contributed by atoms with E-state index in [4.69, 9.17) is 11.6 Å². The quantitative estimate of drug-likeness (QED) is 0.708. The predicted octanol–water partition coefficient (Wildman–Crippen LogP) is 4.36. The Morgan fingerprint density at radius 2 is 2.00 bits per heavy atom. The molecule has 2 heterocycles. The van der Waals surface area contributed by atoms with Gasteiger partial charge in [-0.05, 0) is 38.1 Å². The average Bonchev–Trinajstić information content (AvgIpc) is 3.07. The molecule has 0 atom stereocenters. The van der Waals surface area contributed by atoms with Gasteiger partial charge in [-0.1, -0.05) is 11.6 Å². The van der Waals surface area contributed by atoms with E-state index in [9.17, 15) is 12.8 Å². The van der Waals surface area contributed by atoms with E-state index in [1.54, 1.807) is 24.6 Å². The Morgan fingerprint density at radius 3 is 2.60 bits per heavy atom. The highest BCUT2D eigenvalue weighted by Gasteiger charge is 2.24. The van der Waals surface area contributed by atoms with Gasteiger partial charge in [0.05, 0.1) is 16.4 Å². The third-order valence-electron chi connectivity index (χ3n) is 3.79. The van der Waals surface area contributed by atoms with E-state index in [0.29, 0.717) is 11.4 Å². The molecule has 0 amide bonds. The van der Waals surface area contributed by atoms with E-state index in [-0.39, 0.29) is 15.6 Å². The maximum absolute atomic E-state index is 13.1. The van der Waals surface area contributed by atoms with E-state index in [0.717, 1.165) is 22.8 Å². The summed E-state index contributed by atoms with van der Waals surface area (Å²) in [4.78, 5) is 4.53. The molecule has 0 aliphatic rings. The van der Waals surface area contributed by atoms with Crippen LogP contribution in [0.2, 0.25) is 5.02 Å². The van der Waals surface area contributed by atoms with Crippen LogP contribution in [0, 0.1) is 19.7 Å². The summed E-state index contributed by atoms with van der Waals surface area (Å²) in [5, 5.41) is 2.64. The summed E-state index contributed by atoms with van der Waals surface area (Å²) in [6, 6.07) is 5.07. The highest BCUT2D eigenvalue weighted by molar-refractivity contribution is 7.92. The Balaban J connectivity index is 2.03. The Hall–Kier alpha value is -1.90. The van der Waals surface area contributed by atoms with Crippen LogP contribution in [0.15, 0.2) is 34.5 Å². The van der Waals surface area contributed by atoms with Gasteiger partial charge >= 0.3 is 0 Å². The van der Waals surface area contributed by atoms with Crippen molar-refractivity contribution in [2.45, 2.75) is 18.7 Å². The number of benzene rings is 1.